The highest BCUT2D eigenvalue weighted by Crippen LogP contribution is 2.28. The second kappa shape index (κ2) is 7.18. The molecule has 0 saturated heterocycles. The second-order valence-electron chi connectivity index (χ2n) is 6.14. The van der Waals surface area contributed by atoms with Crippen molar-refractivity contribution < 1.29 is 4.79 Å². The molecule has 1 atom stereocenters. The van der Waals surface area contributed by atoms with Crippen molar-refractivity contribution in [1.82, 2.24) is 14.8 Å². The van der Waals surface area contributed by atoms with Gasteiger partial charge in [-0.2, -0.15) is 10.4 Å². The molecule has 1 aromatic carbocycles. The van der Waals surface area contributed by atoms with E-state index in [0.717, 1.165) is 27.1 Å². The molecular formula is C19H19N5OS. The first-order chi connectivity index (χ1) is 12.4. The Kier molecular flexibility index (Phi) is 4.96. The Bertz CT molecular complexity index is 1030. The number of benzene rings is 1. The Hall–Kier alpha value is -2.85. The number of nitrogens with one attached hydrogen (secondary N) is 1. The van der Waals surface area contributed by atoms with Gasteiger partial charge in [-0.15, -0.1) is 0 Å². The van der Waals surface area contributed by atoms with Crippen molar-refractivity contribution in [1.29, 1.82) is 5.26 Å². The van der Waals surface area contributed by atoms with Gasteiger partial charge in [0, 0.05) is 12.4 Å². The molecule has 0 radical (unpaired) electrons. The number of carbonyl (C=O) groups excluding carboxylic acids is 1. The summed E-state index contributed by atoms with van der Waals surface area (Å²) in [6.45, 7) is 5.90. The number of fused-ring (bicyclic) bond motifs is 1. The minimum atomic E-state index is -0.371. The maximum absolute atomic E-state index is 12.5. The molecule has 0 aliphatic rings. The van der Waals surface area contributed by atoms with E-state index in [9.17, 15) is 4.79 Å². The van der Waals surface area contributed by atoms with Crippen molar-refractivity contribution >= 4 is 34.4 Å². The van der Waals surface area contributed by atoms with Crippen molar-refractivity contribution in [2.45, 2.75) is 31.0 Å². The number of rotatable bonds is 4. The van der Waals surface area contributed by atoms with Gasteiger partial charge in [-0.05, 0) is 38.0 Å². The monoisotopic (exact) mass is 365 g/mol. The van der Waals surface area contributed by atoms with Crippen molar-refractivity contribution in [3.8, 4) is 6.07 Å². The Labute approximate surface area is 156 Å². The van der Waals surface area contributed by atoms with Crippen LogP contribution in [0.2, 0.25) is 0 Å². The summed E-state index contributed by atoms with van der Waals surface area (Å²) in [4.78, 5) is 17.3. The molecule has 6 nitrogen and oxygen atoms in total. The van der Waals surface area contributed by atoms with E-state index in [0.29, 0.717) is 11.4 Å². The molecule has 1 amide bonds. The number of thioether (sulfide) groups is 1. The molecule has 7 heteroatoms. The summed E-state index contributed by atoms with van der Waals surface area (Å²) in [5, 5.41) is 17.4. The van der Waals surface area contributed by atoms with Gasteiger partial charge in [-0.1, -0.05) is 30.0 Å². The quantitative estimate of drug-likeness (QED) is 0.715. The molecule has 0 aliphatic carbocycles. The minimum absolute atomic E-state index is 0.195. The number of amides is 1. The molecule has 0 saturated carbocycles. The van der Waals surface area contributed by atoms with Gasteiger partial charge in [0.15, 0.2) is 0 Å². The third kappa shape index (κ3) is 3.41. The van der Waals surface area contributed by atoms with Crippen LogP contribution in [0, 0.1) is 25.2 Å². The van der Waals surface area contributed by atoms with Gasteiger partial charge in [-0.25, -0.2) is 4.98 Å². The highest BCUT2D eigenvalue weighted by atomic mass is 32.2. The third-order valence-corrected chi connectivity index (χ3v) is 5.21. The van der Waals surface area contributed by atoms with Gasteiger partial charge in [0.1, 0.15) is 17.5 Å². The fourth-order valence-electron chi connectivity index (χ4n) is 2.71. The van der Waals surface area contributed by atoms with E-state index in [1.54, 1.807) is 7.05 Å². The number of anilines is 1. The largest absolute Gasteiger partial charge is 0.309 e. The Morgan fingerprint density at radius 3 is 2.85 bits per heavy atom. The molecule has 0 aliphatic heterocycles. The first-order valence-corrected chi connectivity index (χ1v) is 9.05. The van der Waals surface area contributed by atoms with Crippen LogP contribution in [-0.2, 0) is 11.8 Å². The average Bonchev–Trinajstić information content (AvgIpc) is 2.96. The lowest BCUT2D eigenvalue weighted by molar-refractivity contribution is -0.115. The smallest absolute Gasteiger partial charge is 0.238 e. The zero-order chi connectivity index (χ0) is 18.8. The van der Waals surface area contributed by atoms with Gasteiger partial charge >= 0.3 is 0 Å². The molecule has 132 valence electrons. The number of hydrogen-bond acceptors (Lipinski definition) is 5. The van der Waals surface area contributed by atoms with Crippen LogP contribution >= 0.6 is 11.8 Å². The number of pyridine rings is 1. The van der Waals surface area contributed by atoms with Gasteiger partial charge in [0.25, 0.3) is 0 Å². The van der Waals surface area contributed by atoms with Crippen LogP contribution in [0.3, 0.4) is 0 Å². The van der Waals surface area contributed by atoms with E-state index in [-0.39, 0.29) is 11.2 Å². The molecular weight excluding hydrogens is 346 g/mol. The summed E-state index contributed by atoms with van der Waals surface area (Å²) in [7, 11) is 1.69. The molecule has 2 heterocycles. The summed E-state index contributed by atoms with van der Waals surface area (Å²) < 4.78 is 1.48. The second-order valence-corrected chi connectivity index (χ2v) is 7.50. The van der Waals surface area contributed by atoms with E-state index in [2.05, 4.69) is 16.5 Å². The van der Waals surface area contributed by atoms with Crippen molar-refractivity contribution in [2.75, 3.05) is 5.32 Å². The molecule has 1 unspecified atom stereocenters. The van der Waals surface area contributed by atoms with Gasteiger partial charge in [0.2, 0.25) is 5.91 Å². The normalized spacial score (nSPS) is 12.0. The zero-order valence-electron chi connectivity index (χ0n) is 15.1. The molecule has 2 aromatic heterocycles. The maximum atomic E-state index is 12.5. The maximum Gasteiger partial charge on any atom is 0.238 e. The lowest BCUT2D eigenvalue weighted by atomic mass is 10.1. The number of nitriles is 1. The predicted molar refractivity (Wildman–Crippen MR) is 103 cm³/mol. The first kappa shape index (κ1) is 18.0. The Morgan fingerprint density at radius 2 is 2.12 bits per heavy atom. The van der Waals surface area contributed by atoms with Crippen molar-refractivity contribution in [3.63, 3.8) is 0 Å². The Morgan fingerprint density at radius 1 is 1.35 bits per heavy atom. The van der Waals surface area contributed by atoms with Gasteiger partial charge < -0.3 is 5.32 Å². The van der Waals surface area contributed by atoms with Crippen LogP contribution in [0.4, 0.5) is 5.82 Å². The molecule has 1 N–H and O–H groups in total. The van der Waals surface area contributed by atoms with Crippen LogP contribution in [0.15, 0.2) is 35.5 Å². The minimum Gasteiger partial charge on any atom is -0.309 e. The standard InChI is InChI=1S/C19H19N5OS/c1-11-6-5-7-15-12(2)8-16(22-17(11)15)26-13(3)19(25)23-18-14(9-20)10-21-24(18)4/h5-8,10,13H,1-4H3,(H,23,25). The molecule has 0 fully saturated rings. The van der Waals surface area contributed by atoms with Crippen LogP contribution in [-0.4, -0.2) is 25.9 Å². The summed E-state index contributed by atoms with van der Waals surface area (Å²) >= 11 is 1.39. The van der Waals surface area contributed by atoms with E-state index < -0.39 is 0 Å². The van der Waals surface area contributed by atoms with Gasteiger partial charge in [-0.3, -0.25) is 9.48 Å². The van der Waals surface area contributed by atoms with Gasteiger partial charge in [0.05, 0.1) is 22.0 Å². The van der Waals surface area contributed by atoms with Crippen molar-refractivity contribution in [2.24, 2.45) is 7.05 Å². The fourth-order valence-corrected chi connectivity index (χ4v) is 3.63. The zero-order valence-corrected chi connectivity index (χ0v) is 15.9. The number of carbonyl (C=O) groups is 1. The summed E-state index contributed by atoms with van der Waals surface area (Å²) in [6.07, 6.45) is 1.43. The third-order valence-electron chi connectivity index (χ3n) is 4.19. The molecule has 3 aromatic rings. The number of aryl methyl sites for hydroxylation is 3. The first-order valence-electron chi connectivity index (χ1n) is 8.17. The molecule has 0 spiro atoms. The van der Waals surface area contributed by atoms with Crippen LogP contribution < -0.4 is 5.32 Å². The molecule has 3 rings (SSSR count). The molecule has 0 bridgehead atoms. The number of nitrogens with zero attached hydrogens (tertiary/aromatic N) is 4. The highest BCUT2D eigenvalue weighted by Gasteiger charge is 2.19. The summed E-state index contributed by atoms with van der Waals surface area (Å²) in [6, 6.07) is 10.1. The van der Waals surface area contributed by atoms with Crippen LogP contribution in [0.1, 0.15) is 23.6 Å². The van der Waals surface area contributed by atoms with E-state index in [1.807, 2.05) is 45.0 Å². The highest BCUT2D eigenvalue weighted by molar-refractivity contribution is 8.00. The number of hydrogen-bond donors (Lipinski definition) is 1. The summed E-state index contributed by atoms with van der Waals surface area (Å²) in [5.41, 5.74) is 3.54. The van der Waals surface area contributed by atoms with Crippen molar-refractivity contribution in [3.05, 3.63) is 47.2 Å². The lowest BCUT2D eigenvalue weighted by Crippen LogP contribution is -2.24. The summed E-state index contributed by atoms with van der Waals surface area (Å²) in [5.74, 6) is 0.211. The van der Waals surface area contributed by atoms with E-state index >= 15 is 0 Å². The topological polar surface area (TPSA) is 83.6 Å². The fraction of sp³-hybridized carbons (Fsp3) is 0.263. The number of para-hydroxylation sites is 1. The van der Waals surface area contributed by atoms with E-state index in [1.165, 1.54) is 22.6 Å². The van der Waals surface area contributed by atoms with Crippen LogP contribution in [0.25, 0.3) is 10.9 Å². The predicted octanol–water partition coefficient (Wildman–Crippen LogP) is 3.58. The Balaban J connectivity index is 1.81. The van der Waals surface area contributed by atoms with Crippen LogP contribution in [0.5, 0.6) is 0 Å². The average molecular weight is 365 g/mol. The molecule has 26 heavy (non-hydrogen) atoms. The number of aromatic nitrogens is 3. The van der Waals surface area contributed by atoms with E-state index in [4.69, 9.17) is 10.2 Å². The lowest BCUT2D eigenvalue weighted by Gasteiger charge is -2.13. The SMILES string of the molecule is Cc1cc(SC(C)C(=O)Nc2c(C#N)cnn2C)nc2c(C)cccc12.